The molecule has 2 aromatic carbocycles. The molecule has 100 valence electrons. The van der Waals surface area contributed by atoms with Crippen LogP contribution in [-0.4, -0.2) is 11.1 Å². The maximum atomic E-state index is 11.1. The molecular formula is C15H10ClNO3. The van der Waals surface area contributed by atoms with E-state index >= 15 is 0 Å². The number of aromatic carboxylic acids is 1. The minimum absolute atomic E-state index is 0.00746. The molecule has 0 saturated heterocycles. The van der Waals surface area contributed by atoms with Gasteiger partial charge in [0.25, 0.3) is 0 Å². The summed E-state index contributed by atoms with van der Waals surface area (Å²) < 4.78 is 5.49. The molecule has 0 aliphatic rings. The topological polar surface area (TPSA) is 70.3 Å². The number of carboxylic acid groups (broad SMARTS) is 1. The van der Waals surface area contributed by atoms with E-state index in [0.29, 0.717) is 16.1 Å². The van der Waals surface area contributed by atoms with Crippen LogP contribution in [0.1, 0.15) is 21.5 Å². The lowest BCUT2D eigenvalue weighted by molar-refractivity contribution is 0.0691. The summed E-state index contributed by atoms with van der Waals surface area (Å²) in [5.41, 5.74) is 1.19. The predicted octanol–water partition coefficient (Wildman–Crippen LogP) is 3.49. The minimum Gasteiger partial charge on any atom is -0.488 e. The summed E-state index contributed by atoms with van der Waals surface area (Å²) in [4.78, 5) is 11.1. The van der Waals surface area contributed by atoms with Crippen molar-refractivity contribution in [1.82, 2.24) is 0 Å². The van der Waals surface area contributed by atoms with Crippen LogP contribution in [0.4, 0.5) is 0 Å². The van der Waals surface area contributed by atoms with Crippen LogP contribution >= 0.6 is 11.6 Å². The molecule has 0 saturated carbocycles. The zero-order valence-corrected chi connectivity index (χ0v) is 11.1. The number of ether oxygens (including phenoxy) is 1. The highest BCUT2D eigenvalue weighted by atomic mass is 35.5. The van der Waals surface area contributed by atoms with E-state index in [0.717, 1.165) is 0 Å². The Kier molecular flexibility index (Phi) is 4.24. The number of nitriles is 1. The number of hydrogen-bond acceptors (Lipinski definition) is 3. The van der Waals surface area contributed by atoms with Crippen LogP contribution in [0.5, 0.6) is 5.75 Å². The van der Waals surface area contributed by atoms with E-state index in [1.807, 2.05) is 0 Å². The lowest BCUT2D eigenvalue weighted by Crippen LogP contribution is -2.04. The number of nitrogens with zero attached hydrogens (tertiary/aromatic N) is 1. The van der Waals surface area contributed by atoms with Crippen LogP contribution in [0.25, 0.3) is 0 Å². The van der Waals surface area contributed by atoms with Gasteiger partial charge in [0.2, 0.25) is 0 Å². The Morgan fingerprint density at radius 1 is 1.30 bits per heavy atom. The Labute approximate surface area is 120 Å². The van der Waals surface area contributed by atoms with E-state index in [2.05, 4.69) is 6.07 Å². The van der Waals surface area contributed by atoms with Gasteiger partial charge in [-0.2, -0.15) is 5.26 Å². The average molecular weight is 288 g/mol. The second-order valence-corrected chi connectivity index (χ2v) is 4.44. The third-order valence-corrected chi connectivity index (χ3v) is 2.93. The second-order valence-electron chi connectivity index (χ2n) is 4.00. The fourth-order valence-electron chi connectivity index (χ4n) is 1.71. The van der Waals surface area contributed by atoms with Crippen molar-refractivity contribution in [3.05, 3.63) is 64.2 Å². The van der Waals surface area contributed by atoms with Gasteiger partial charge >= 0.3 is 5.97 Å². The smallest absolute Gasteiger partial charge is 0.339 e. The molecule has 0 fully saturated rings. The van der Waals surface area contributed by atoms with Crippen molar-refractivity contribution in [2.24, 2.45) is 0 Å². The van der Waals surface area contributed by atoms with Crippen LogP contribution in [0.3, 0.4) is 0 Å². The predicted molar refractivity (Wildman–Crippen MR) is 73.9 cm³/mol. The number of hydrogen-bond donors (Lipinski definition) is 1. The first kappa shape index (κ1) is 13.9. The molecule has 4 nitrogen and oxygen atoms in total. The Morgan fingerprint density at radius 3 is 2.75 bits per heavy atom. The van der Waals surface area contributed by atoms with Crippen molar-refractivity contribution < 1.29 is 14.6 Å². The van der Waals surface area contributed by atoms with Crippen molar-refractivity contribution in [2.75, 3.05) is 0 Å². The average Bonchev–Trinajstić information content (AvgIpc) is 2.46. The number of carbonyl (C=O) groups is 1. The van der Waals surface area contributed by atoms with Crippen LogP contribution in [0.2, 0.25) is 5.02 Å². The summed E-state index contributed by atoms with van der Waals surface area (Å²) in [6, 6.07) is 13.4. The molecule has 1 N–H and O–H groups in total. The zero-order chi connectivity index (χ0) is 14.5. The maximum absolute atomic E-state index is 11.1. The highest BCUT2D eigenvalue weighted by Gasteiger charge is 2.12. The Hall–Kier alpha value is -2.51. The van der Waals surface area contributed by atoms with Crippen molar-refractivity contribution in [3.8, 4) is 11.8 Å². The minimum atomic E-state index is -1.11. The molecule has 0 unspecified atom stereocenters. The van der Waals surface area contributed by atoms with E-state index in [-0.39, 0.29) is 17.9 Å². The summed E-state index contributed by atoms with van der Waals surface area (Å²) in [6.07, 6.45) is 0. The van der Waals surface area contributed by atoms with E-state index in [1.54, 1.807) is 30.3 Å². The zero-order valence-electron chi connectivity index (χ0n) is 10.3. The molecule has 2 aromatic rings. The number of halogens is 1. The normalized spacial score (nSPS) is 9.80. The van der Waals surface area contributed by atoms with E-state index < -0.39 is 5.97 Å². The van der Waals surface area contributed by atoms with E-state index in [9.17, 15) is 4.79 Å². The second kappa shape index (κ2) is 6.09. The fraction of sp³-hybridized carbons (Fsp3) is 0.0667. The molecular weight excluding hydrogens is 278 g/mol. The van der Waals surface area contributed by atoms with Crippen LogP contribution < -0.4 is 4.74 Å². The summed E-state index contributed by atoms with van der Waals surface area (Å²) in [5.74, 6) is -0.897. The summed E-state index contributed by atoms with van der Waals surface area (Å²) in [7, 11) is 0. The van der Waals surface area contributed by atoms with Crippen molar-refractivity contribution in [2.45, 2.75) is 6.61 Å². The molecule has 0 amide bonds. The van der Waals surface area contributed by atoms with Crippen molar-refractivity contribution in [3.63, 3.8) is 0 Å². The van der Waals surface area contributed by atoms with Crippen LogP contribution in [0.15, 0.2) is 42.5 Å². The van der Waals surface area contributed by atoms with Gasteiger partial charge < -0.3 is 9.84 Å². The molecule has 2 rings (SSSR count). The molecule has 0 aromatic heterocycles. The van der Waals surface area contributed by atoms with Gasteiger partial charge in [-0.05, 0) is 24.3 Å². The molecule has 0 radical (unpaired) electrons. The SMILES string of the molecule is N#Cc1ccccc1COc1ccc(Cl)cc1C(=O)O. The first-order chi connectivity index (χ1) is 9.61. The largest absolute Gasteiger partial charge is 0.488 e. The monoisotopic (exact) mass is 287 g/mol. The summed E-state index contributed by atoms with van der Waals surface area (Å²) in [5, 5.41) is 18.4. The number of rotatable bonds is 4. The quantitative estimate of drug-likeness (QED) is 0.934. The third kappa shape index (κ3) is 3.08. The van der Waals surface area contributed by atoms with Gasteiger partial charge in [-0.3, -0.25) is 0 Å². The highest BCUT2D eigenvalue weighted by molar-refractivity contribution is 6.31. The molecule has 0 aliphatic heterocycles. The fourth-order valence-corrected chi connectivity index (χ4v) is 1.88. The first-order valence-corrected chi connectivity index (χ1v) is 6.13. The molecule has 0 heterocycles. The van der Waals surface area contributed by atoms with Gasteiger partial charge in [0, 0.05) is 10.6 Å². The molecule has 0 atom stereocenters. The maximum Gasteiger partial charge on any atom is 0.339 e. The molecule has 0 aliphatic carbocycles. The van der Waals surface area contributed by atoms with Crippen LogP contribution in [0, 0.1) is 11.3 Å². The van der Waals surface area contributed by atoms with Gasteiger partial charge in [0.05, 0.1) is 11.6 Å². The van der Waals surface area contributed by atoms with Gasteiger partial charge in [-0.15, -0.1) is 0 Å². The molecule has 5 heteroatoms. The number of carboxylic acids is 1. The molecule has 0 bridgehead atoms. The Balaban J connectivity index is 2.24. The number of benzene rings is 2. The lowest BCUT2D eigenvalue weighted by Gasteiger charge is -2.10. The molecule has 20 heavy (non-hydrogen) atoms. The van der Waals surface area contributed by atoms with Gasteiger partial charge in [-0.1, -0.05) is 29.8 Å². The van der Waals surface area contributed by atoms with Gasteiger partial charge in [0.1, 0.15) is 17.9 Å². The van der Waals surface area contributed by atoms with Crippen molar-refractivity contribution >= 4 is 17.6 Å². The third-order valence-electron chi connectivity index (χ3n) is 2.69. The van der Waals surface area contributed by atoms with E-state index in [1.165, 1.54) is 12.1 Å². The Bertz CT molecular complexity index is 692. The standard InChI is InChI=1S/C15H10ClNO3/c16-12-5-6-14(13(7-12)15(18)19)20-9-11-4-2-1-3-10(11)8-17/h1-7H,9H2,(H,18,19). The first-order valence-electron chi connectivity index (χ1n) is 5.75. The summed E-state index contributed by atoms with van der Waals surface area (Å²) >= 11 is 5.76. The van der Waals surface area contributed by atoms with Gasteiger partial charge in [0.15, 0.2) is 0 Å². The molecule has 0 spiro atoms. The summed E-state index contributed by atoms with van der Waals surface area (Å²) in [6.45, 7) is 0.117. The van der Waals surface area contributed by atoms with E-state index in [4.69, 9.17) is 26.7 Å². The van der Waals surface area contributed by atoms with Gasteiger partial charge in [-0.25, -0.2) is 4.79 Å². The lowest BCUT2D eigenvalue weighted by atomic mass is 10.1. The van der Waals surface area contributed by atoms with Crippen molar-refractivity contribution in [1.29, 1.82) is 5.26 Å². The Morgan fingerprint density at radius 2 is 2.05 bits per heavy atom. The van der Waals surface area contributed by atoms with Crippen LogP contribution in [-0.2, 0) is 6.61 Å². The highest BCUT2D eigenvalue weighted by Crippen LogP contribution is 2.24.